The molecule has 1 aliphatic rings. The third-order valence-electron chi connectivity index (χ3n) is 2.93. The normalized spacial score (nSPS) is 23.6. The van der Waals surface area contributed by atoms with Crippen LogP contribution in [0.15, 0.2) is 18.2 Å². The maximum absolute atomic E-state index is 13.0. The molecule has 0 saturated heterocycles. The zero-order valence-corrected chi connectivity index (χ0v) is 9.36. The lowest BCUT2D eigenvalue weighted by Crippen LogP contribution is -2.21. The molecule has 1 aromatic rings. The lowest BCUT2D eigenvalue weighted by Gasteiger charge is -2.15. The predicted octanol–water partition coefficient (Wildman–Crippen LogP) is 1.18. The van der Waals surface area contributed by atoms with Gasteiger partial charge in [-0.3, -0.25) is 4.79 Å². The first kappa shape index (κ1) is 11.9. The molecule has 1 saturated carbocycles. The first-order valence-electron chi connectivity index (χ1n) is 5.58. The number of amides is 1. The Morgan fingerprint density at radius 2 is 2.18 bits per heavy atom. The van der Waals surface area contributed by atoms with Gasteiger partial charge in [-0.15, -0.1) is 0 Å². The second-order valence-corrected chi connectivity index (χ2v) is 4.32. The minimum atomic E-state index is -0.693. The monoisotopic (exact) mass is 238 g/mol. The number of nitrogens with two attached hydrogens (primary N) is 2. The van der Waals surface area contributed by atoms with Gasteiger partial charge in [-0.2, -0.15) is 0 Å². The summed E-state index contributed by atoms with van der Waals surface area (Å²) in [6, 6.07) is 3.90. The number of ether oxygens (including phenoxy) is 1. The van der Waals surface area contributed by atoms with Crippen molar-refractivity contribution in [2.75, 3.05) is 0 Å². The van der Waals surface area contributed by atoms with Crippen LogP contribution in [0.1, 0.15) is 29.6 Å². The van der Waals surface area contributed by atoms with Crippen molar-refractivity contribution in [2.45, 2.75) is 31.4 Å². The van der Waals surface area contributed by atoms with Crippen molar-refractivity contribution in [2.24, 2.45) is 11.5 Å². The number of primary amides is 1. The Morgan fingerprint density at radius 3 is 2.76 bits per heavy atom. The van der Waals surface area contributed by atoms with Crippen molar-refractivity contribution < 1.29 is 13.9 Å². The Kier molecular flexibility index (Phi) is 3.28. The van der Waals surface area contributed by atoms with Gasteiger partial charge in [0, 0.05) is 6.04 Å². The summed E-state index contributed by atoms with van der Waals surface area (Å²) in [7, 11) is 0. The molecule has 0 spiro atoms. The Balaban J connectivity index is 2.17. The van der Waals surface area contributed by atoms with Gasteiger partial charge in [-0.05, 0) is 37.5 Å². The number of benzene rings is 1. The zero-order valence-electron chi connectivity index (χ0n) is 9.36. The van der Waals surface area contributed by atoms with Gasteiger partial charge in [0.15, 0.2) is 0 Å². The fourth-order valence-corrected chi connectivity index (χ4v) is 2.06. The van der Waals surface area contributed by atoms with E-state index in [0.717, 1.165) is 25.3 Å². The van der Waals surface area contributed by atoms with Crippen LogP contribution in [0.2, 0.25) is 0 Å². The van der Waals surface area contributed by atoms with Gasteiger partial charge in [0.05, 0.1) is 5.56 Å². The van der Waals surface area contributed by atoms with E-state index in [9.17, 15) is 9.18 Å². The van der Waals surface area contributed by atoms with Crippen molar-refractivity contribution >= 4 is 5.91 Å². The molecule has 0 heterocycles. The number of hydrogen-bond donors (Lipinski definition) is 2. The molecule has 1 aliphatic carbocycles. The molecule has 0 aliphatic heterocycles. The van der Waals surface area contributed by atoms with E-state index in [1.54, 1.807) is 0 Å². The highest BCUT2D eigenvalue weighted by Crippen LogP contribution is 2.26. The summed E-state index contributed by atoms with van der Waals surface area (Å²) in [6.07, 6.45) is 2.47. The second kappa shape index (κ2) is 4.71. The summed E-state index contributed by atoms with van der Waals surface area (Å²) in [5.41, 5.74) is 11.0. The van der Waals surface area contributed by atoms with Crippen LogP contribution in [0.25, 0.3) is 0 Å². The molecule has 4 nitrogen and oxygen atoms in total. The molecule has 0 bridgehead atoms. The maximum Gasteiger partial charge on any atom is 0.252 e. The molecule has 92 valence electrons. The maximum atomic E-state index is 13.0. The molecular weight excluding hydrogens is 223 g/mol. The molecule has 0 radical (unpaired) electrons. The minimum Gasteiger partial charge on any atom is -0.490 e. The highest BCUT2D eigenvalue weighted by Gasteiger charge is 2.24. The summed E-state index contributed by atoms with van der Waals surface area (Å²) in [5.74, 6) is -0.867. The minimum absolute atomic E-state index is 0.0199. The van der Waals surface area contributed by atoms with E-state index in [2.05, 4.69) is 0 Å². The second-order valence-electron chi connectivity index (χ2n) is 4.32. The highest BCUT2D eigenvalue weighted by atomic mass is 19.1. The average molecular weight is 238 g/mol. The van der Waals surface area contributed by atoms with Crippen molar-refractivity contribution in [1.82, 2.24) is 0 Å². The standard InChI is InChI=1S/C12H15FN2O2/c13-7-1-4-11(10(5-7)12(15)16)17-9-3-2-8(14)6-9/h1,4-5,8-9H,2-3,6,14H2,(H2,15,16). The molecule has 2 atom stereocenters. The summed E-state index contributed by atoms with van der Waals surface area (Å²) in [6.45, 7) is 0. The first-order chi connectivity index (χ1) is 8.06. The van der Waals surface area contributed by atoms with Crippen molar-refractivity contribution in [3.63, 3.8) is 0 Å². The number of rotatable bonds is 3. The molecule has 4 N–H and O–H groups in total. The predicted molar refractivity (Wildman–Crippen MR) is 61.2 cm³/mol. The van der Waals surface area contributed by atoms with Gasteiger partial charge >= 0.3 is 0 Å². The largest absolute Gasteiger partial charge is 0.490 e. The molecule has 1 aromatic carbocycles. The first-order valence-corrected chi connectivity index (χ1v) is 5.58. The Bertz CT molecular complexity index is 437. The SMILES string of the molecule is NC(=O)c1cc(F)ccc1OC1CCC(N)C1. The smallest absolute Gasteiger partial charge is 0.252 e. The van der Waals surface area contributed by atoms with Crippen LogP contribution < -0.4 is 16.2 Å². The fourth-order valence-electron chi connectivity index (χ4n) is 2.06. The summed E-state index contributed by atoms with van der Waals surface area (Å²) < 4.78 is 18.6. The Hall–Kier alpha value is -1.62. The summed E-state index contributed by atoms with van der Waals surface area (Å²) in [5, 5.41) is 0. The van der Waals surface area contributed by atoms with E-state index in [4.69, 9.17) is 16.2 Å². The van der Waals surface area contributed by atoms with Gasteiger partial charge in [0.25, 0.3) is 5.91 Å². The van der Waals surface area contributed by atoms with Crippen LogP contribution in [0.4, 0.5) is 4.39 Å². The third-order valence-corrected chi connectivity index (χ3v) is 2.93. The zero-order chi connectivity index (χ0) is 12.4. The lowest BCUT2D eigenvalue weighted by molar-refractivity contribution is 0.0992. The van der Waals surface area contributed by atoms with E-state index in [1.165, 1.54) is 12.1 Å². The van der Waals surface area contributed by atoms with Crippen molar-refractivity contribution in [3.05, 3.63) is 29.6 Å². The molecule has 2 unspecified atom stereocenters. The van der Waals surface area contributed by atoms with Crippen LogP contribution >= 0.6 is 0 Å². The van der Waals surface area contributed by atoms with E-state index in [-0.39, 0.29) is 17.7 Å². The van der Waals surface area contributed by atoms with Gasteiger partial charge in [-0.1, -0.05) is 0 Å². The van der Waals surface area contributed by atoms with Crippen LogP contribution in [-0.2, 0) is 0 Å². The van der Waals surface area contributed by atoms with E-state index < -0.39 is 11.7 Å². The van der Waals surface area contributed by atoms with Gasteiger partial charge in [-0.25, -0.2) is 4.39 Å². The third kappa shape index (κ3) is 2.74. The quantitative estimate of drug-likeness (QED) is 0.830. The number of halogens is 1. The van der Waals surface area contributed by atoms with Crippen molar-refractivity contribution in [1.29, 1.82) is 0 Å². The van der Waals surface area contributed by atoms with Crippen LogP contribution in [-0.4, -0.2) is 18.1 Å². The summed E-state index contributed by atoms with van der Waals surface area (Å²) >= 11 is 0. The molecule has 17 heavy (non-hydrogen) atoms. The highest BCUT2D eigenvalue weighted by molar-refractivity contribution is 5.95. The van der Waals surface area contributed by atoms with Gasteiger partial charge in [0.2, 0.25) is 0 Å². The van der Waals surface area contributed by atoms with E-state index in [0.29, 0.717) is 5.75 Å². The lowest BCUT2D eigenvalue weighted by atomic mass is 10.2. The van der Waals surface area contributed by atoms with Crippen LogP contribution in [0.3, 0.4) is 0 Å². The molecule has 5 heteroatoms. The number of carbonyl (C=O) groups excluding carboxylic acids is 1. The molecular formula is C12H15FN2O2. The Labute approximate surface area is 98.7 Å². The molecule has 1 amide bonds. The molecule has 2 rings (SSSR count). The van der Waals surface area contributed by atoms with Crippen LogP contribution in [0.5, 0.6) is 5.75 Å². The van der Waals surface area contributed by atoms with E-state index >= 15 is 0 Å². The fraction of sp³-hybridized carbons (Fsp3) is 0.417. The van der Waals surface area contributed by atoms with E-state index in [1.807, 2.05) is 0 Å². The Morgan fingerprint density at radius 1 is 1.41 bits per heavy atom. The number of hydrogen-bond acceptors (Lipinski definition) is 3. The van der Waals surface area contributed by atoms with Gasteiger partial charge in [0.1, 0.15) is 17.7 Å². The molecule has 0 aromatic heterocycles. The summed E-state index contributed by atoms with van der Waals surface area (Å²) in [4.78, 5) is 11.2. The van der Waals surface area contributed by atoms with Crippen molar-refractivity contribution in [3.8, 4) is 5.75 Å². The van der Waals surface area contributed by atoms with Crippen LogP contribution in [0, 0.1) is 5.82 Å². The molecule has 1 fully saturated rings. The van der Waals surface area contributed by atoms with Gasteiger partial charge < -0.3 is 16.2 Å². The number of carbonyl (C=O) groups is 1. The average Bonchev–Trinajstić information content (AvgIpc) is 2.66. The topological polar surface area (TPSA) is 78.3 Å².